The SMILES string of the molecule is Cc1c(Cl)cccc1S(=O)(=O)CC(=N)C(=O)C1=CC(C)C(c2c(F)cccc2F)=N1. The van der Waals surface area contributed by atoms with E-state index < -0.39 is 44.6 Å². The molecule has 2 aromatic carbocycles. The number of hydrogen-bond donors (Lipinski definition) is 1. The van der Waals surface area contributed by atoms with Crippen LogP contribution in [0.15, 0.2) is 58.1 Å². The number of sulfone groups is 1. The Hall–Kier alpha value is -2.71. The van der Waals surface area contributed by atoms with Crippen molar-refractivity contribution in [2.24, 2.45) is 10.9 Å². The fourth-order valence-electron chi connectivity index (χ4n) is 3.15. The molecule has 1 heterocycles. The van der Waals surface area contributed by atoms with Gasteiger partial charge in [0.25, 0.3) is 0 Å². The van der Waals surface area contributed by atoms with Gasteiger partial charge in [0.1, 0.15) is 23.1 Å². The predicted octanol–water partition coefficient (Wildman–Crippen LogP) is 4.31. The van der Waals surface area contributed by atoms with Crippen LogP contribution in [0.25, 0.3) is 0 Å². The van der Waals surface area contributed by atoms with Gasteiger partial charge in [-0.25, -0.2) is 22.2 Å². The quantitative estimate of drug-likeness (QED) is 0.665. The Balaban J connectivity index is 1.86. The number of allylic oxidation sites excluding steroid dienone is 2. The molecule has 156 valence electrons. The van der Waals surface area contributed by atoms with Crippen LogP contribution >= 0.6 is 11.6 Å². The van der Waals surface area contributed by atoms with Gasteiger partial charge in [-0.1, -0.05) is 30.7 Å². The first-order valence-electron chi connectivity index (χ1n) is 8.87. The molecule has 1 N–H and O–H groups in total. The van der Waals surface area contributed by atoms with Gasteiger partial charge in [-0.15, -0.1) is 0 Å². The Kier molecular flexibility index (Phi) is 6.01. The maximum Gasteiger partial charge on any atom is 0.225 e. The molecule has 1 atom stereocenters. The lowest BCUT2D eigenvalue weighted by atomic mass is 9.98. The fourth-order valence-corrected chi connectivity index (χ4v) is 4.91. The summed E-state index contributed by atoms with van der Waals surface area (Å²) in [5.41, 5.74) is -0.938. The third-order valence-corrected chi connectivity index (χ3v) is 6.88. The summed E-state index contributed by atoms with van der Waals surface area (Å²) in [5, 5.41) is 8.24. The van der Waals surface area contributed by atoms with E-state index in [0.717, 1.165) is 12.1 Å². The van der Waals surface area contributed by atoms with E-state index in [1.165, 1.54) is 37.3 Å². The minimum Gasteiger partial charge on any atom is -0.300 e. The zero-order valence-electron chi connectivity index (χ0n) is 16.0. The summed E-state index contributed by atoms with van der Waals surface area (Å²) in [4.78, 5) is 16.6. The van der Waals surface area contributed by atoms with Crippen molar-refractivity contribution < 1.29 is 22.0 Å². The summed E-state index contributed by atoms with van der Waals surface area (Å²) in [6.07, 6.45) is 1.36. The van der Waals surface area contributed by atoms with Gasteiger partial charge in [-0.3, -0.25) is 4.79 Å². The highest BCUT2D eigenvalue weighted by molar-refractivity contribution is 7.92. The Bertz CT molecular complexity index is 1220. The van der Waals surface area contributed by atoms with Crippen LogP contribution in [-0.4, -0.2) is 31.4 Å². The van der Waals surface area contributed by atoms with Crippen molar-refractivity contribution in [2.45, 2.75) is 18.7 Å². The molecule has 1 unspecified atom stereocenters. The maximum atomic E-state index is 14.1. The molecule has 0 bridgehead atoms. The van der Waals surface area contributed by atoms with Gasteiger partial charge in [-0.05, 0) is 42.8 Å². The molecule has 1 aliphatic rings. The molecule has 1 aliphatic heterocycles. The van der Waals surface area contributed by atoms with Crippen molar-refractivity contribution in [3.63, 3.8) is 0 Å². The van der Waals surface area contributed by atoms with Gasteiger partial charge < -0.3 is 5.41 Å². The largest absolute Gasteiger partial charge is 0.300 e. The predicted molar refractivity (Wildman–Crippen MR) is 111 cm³/mol. The van der Waals surface area contributed by atoms with Crippen LogP contribution in [0.5, 0.6) is 0 Å². The number of Topliss-reactive ketones (excluding diaryl/α,β-unsaturated/α-hetero) is 1. The molecule has 0 amide bonds. The minimum absolute atomic E-state index is 0.00953. The number of nitrogens with zero attached hydrogens (tertiary/aromatic N) is 1. The van der Waals surface area contributed by atoms with Crippen molar-refractivity contribution in [1.82, 2.24) is 0 Å². The Labute approximate surface area is 177 Å². The summed E-state index contributed by atoms with van der Waals surface area (Å²) in [5.74, 6) is -4.00. The van der Waals surface area contributed by atoms with E-state index in [9.17, 15) is 22.0 Å². The first kappa shape index (κ1) is 22.0. The third kappa shape index (κ3) is 4.11. The summed E-state index contributed by atoms with van der Waals surface area (Å²) in [6, 6.07) is 7.73. The molecule has 0 aromatic heterocycles. The lowest BCUT2D eigenvalue weighted by Gasteiger charge is -2.09. The Morgan fingerprint density at radius 2 is 1.77 bits per heavy atom. The molecule has 0 aliphatic carbocycles. The number of nitrogens with one attached hydrogen (secondary N) is 1. The van der Waals surface area contributed by atoms with Crippen molar-refractivity contribution in [3.05, 3.63) is 76.0 Å². The van der Waals surface area contributed by atoms with Crippen LogP contribution in [0.3, 0.4) is 0 Å². The smallest absolute Gasteiger partial charge is 0.225 e. The number of carbonyl (C=O) groups excluding carboxylic acids is 1. The average molecular weight is 451 g/mol. The number of carbonyl (C=O) groups is 1. The van der Waals surface area contributed by atoms with Crippen LogP contribution in [0, 0.1) is 29.9 Å². The van der Waals surface area contributed by atoms with Crippen LogP contribution in [0.2, 0.25) is 5.02 Å². The standard InChI is InChI=1S/C21H17ClF2N2O3S/c1-11-9-17(26-20(11)19-14(23)6-4-7-15(19)24)21(27)16(25)10-30(28,29)18-8-3-5-13(22)12(18)2/h3-9,11,25H,10H2,1-2H3. The molecule has 9 heteroatoms. The third-order valence-electron chi connectivity index (χ3n) is 4.69. The second-order valence-electron chi connectivity index (χ2n) is 6.86. The molecule has 0 saturated heterocycles. The lowest BCUT2D eigenvalue weighted by molar-refractivity contribution is -0.109. The van der Waals surface area contributed by atoms with Crippen LogP contribution in [-0.2, 0) is 14.6 Å². The van der Waals surface area contributed by atoms with Gasteiger partial charge in [0.15, 0.2) is 9.84 Å². The van der Waals surface area contributed by atoms with Crippen LogP contribution < -0.4 is 0 Å². The van der Waals surface area contributed by atoms with E-state index in [4.69, 9.17) is 17.0 Å². The summed E-state index contributed by atoms with van der Waals surface area (Å²) >= 11 is 5.97. The highest BCUT2D eigenvalue weighted by atomic mass is 35.5. The molecule has 0 spiro atoms. The highest BCUT2D eigenvalue weighted by Gasteiger charge is 2.30. The molecule has 5 nitrogen and oxygen atoms in total. The van der Waals surface area contributed by atoms with Gasteiger partial charge >= 0.3 is 0 Å². The Morgan fingerprint density at radius 3 is 2.40 bits per heavy atom. The summed E-state index contributed by atoms with van der Waals surface area (Å²) in [6.45, 7) is 3.13. The zero-order chi connectivity index (χ0) is 22.2. The molecule has 3 rings (SSSR count). The van der Waals surface area contributed by atoms with Crippen molar-refractivity contribution in [3.8, 4) is 0 Å². The van der Waals surface area contributed by atoms with Crippen molar-refractivity contribution >= 4 is 38.6 Å². The number of benzene rings is 2. The normalized spacial score (nSPS) is 16.2. The lowest BCUT2D eigenvalue weighted by Crippen LogP contribution is -2.24. The first-order chi connectivity index (χ1) is 14.0. The number of aliphatic imine (C=N–C) groups is 1. The molecular weight excluding hydrogens is 434 g/mol. The van der Waals surface area contributed by atoms with Gasteiger partial charge in [0, 0.05) is 10.9 Å². The zero-order valence-corrected chi connectivity index (χ0v) is 17.6. The average Bonchev–Trinajstić information content (AvgIpc) is 3.04. The van der Waals surface area contributed by atoms with Crippen LogP contribution in [0.4, 0.5) is 8.78 Å². The van der Waals surface area contributed by atoms with Gasteiger partial charge in [-0.2, -0.15) is 0 Å². The molecule has 0 fully saturated rings. The van der Waals surface area contributed by atoms with E-state index in [0.29, 0.717) is 5.56 Å². The van der Waals surface area contributed by atoms with Gasteiger partial charge in [0.2, 0.25) is 5.78 Å². The maximum absolute atomic E-state index is 14.1. The highest BCUT2D eigenvalue weighted by Crippen LogP contribution is 2.27. The van der Waals surface area contributed by atoms with Gasteiger partial charge in [0.05, 0.1) is 21.9 Å². The fraction of sp³-hybridized carbons (Fsp3) is 0.190. The summed E-state index contributed by atoms with van der Waals surface area (Å²) < 4.78 is 53.5. The molecular formula is C21H17ClF2N2O3S. The Morgan fingerprint density at radius 1 is 1.17 bits per heavy atom. The van der Waals surface area contributed by atoms with E-state index in [1.807, 2.05) is 0 Å². The topological polar surface area (TPSA) is 87.4 Å². The van der Waals surface area contributed by atoms with E-state index in [1.54, 1.807) is 6.92 Å². The second-order valence-corrected chi connectivity index (χ2v) is 9.23. The molecule has 30 heavy (non-hydrogen) atoms. The van der Waals surface area contributed by atoms with E-state index in [2.05, 4.69) is 4.99 Å². The number of halogens is 3. The first-order valence-corrected chi connectivity index (χ1v) is 10.9. The number of hydrogen-bond acceptors (Lipinski definition) is 5. The van der Waals surface area contributed by atoms with Crippen LogP contribution in [0.1, 0.15) is 18.1 Å². The molecule has 0 radical (unpaired) electrons. The second kappa shape index (κ2) is 8.20. The van der Waals surface area contributed by atoms with Crippen molar-refractivity contribution in [2.75, 3.05) is 5.75 Å². The summed E-state index contributed by atoms with van der Waals surface area (Å²) in [7, 11) is -4.01. The number of rotatable bonds is 6. The molecule has 2 aromatic rings. The monoisotopic (exact) mass is 450 g/mol. The van der Waals surface area contributed by atoms with E-state index >= 15 is 0 Å². The minimum atomic E-state index is -4.01. The number of ketones is 1. The van der Waals surface area contributed by atoms with Crippen molar-refractivity contribution in [1.29, 1.82) is 5.41 Å². The molecule has 0 saturated carbocycles. The van der Waals surface area contributed by atoms with E-state index in [-0.39, 0.29) is 26.9 Å².